The highest BCUT2D eigenvalue weighted by Gasteiger charge is 2.51. The molecule has 2 atom stereocenters. The number of likely N-dealkylation sites (tertiary alicyclic amines) is 1. The summed E-state index contributed by atoms with van der Waals surface area (Å²) in [5.41, 5.74) is 1.21. The zero-order valence-electron chi connectivity index (χ0n) is 14.2. The van der Waals surface area contributed by atoms with Crippen LogP contribution in [-0.2, 0) is 11.3 Å². The van der Waals surface area contributed by atoms with Crippen molar-refractivity contribution in [2.75, 3.05) is 19.7 Å². The molecule has 1 saturated carbocycles. The van der Waals surface area contributed by atoms with Gasteiger partial charge in [-0.15, -0.1) is 0 Å². The predicted octanol–water partition coefficient (Wildman–Crippen LogP) is 2.33. The van der Waals surface area contributed by atoms with Crippen LogP contribution in [-0.4, -0.2) is 45.5 Å². The molecule has 6 heteroatoms. The van der Waals surface area contributed by atoms with Crippen molar-refractivity contribution in [2.24, 2.45) is 11.3 Å². The van der Waals surface area contributed by atoms with Crippen LogP contribution < -0.4 is 0 Å². The molecule has 1 amide bonds. The third-order valence-corrected chi connectivity index (χ3v) is 5.49. The average molecular weight is 338 g/mol. The monoisotopic (exact) mass is 338 g/mol. The lowest BCUT2D eigenvalue weighted by Crippen LogP contribution is -2.35. The Bertz CT molecular complexity index is 725. The number of carbonyl (C=O) groups is 1. The number of nitrogens with zero attached hydrogens (tertiary/aromatic N) is 4. The Hall–Kier alpha value is -2.34. The summed E-state index contributed by atoms with van der Waals surface area (Å²) in [4.78, 5) is 26.8. The van der Waals surface area contributed by atoms with Crippen molar-refractivity contribution < 1.29 is 9.53 Å². The van der Waals surface area contributed by atoms with Crippen molar-refractivity contribution in [2.45, 2.75) is 25.9 Å². The Morgan fingerprint density at radius 1 is 1.24 bits per heavy atom. The Morgan fingerprint density at radius 3 is 2.84 bits per heavy atom. The molecule has 4 rings (SSSR count). The Morgan fingerprint density at radius 2 is 2.04 bits per heavy atom. The van der Waals surface area contributed by atoms with Crippen LogP contribution in [0.3, 0.4) is 0 Å². The molecule has 2 aromatic rings. The number of ether oxygens (including phenoxy) is 1. The summed E-state index contributed by atoms with van der Waals surface area (Å²) in [5.74, 6) is 0.733. The predicted molar refractivity (Wildman–Crippen MR) is 91.6 cm³/mol. The molecule has 6 nitrogen and oxygen atoms in total. The summed E-state index contributed by atoms with van der Waals surface area (Å²) < 4.78 is 6.05. The fourth-order valence-corrected chi connectivity index (χ4v) is 4.21. The highest BCUT2D eigenvalue weighted by Crippen LogP contribution is 2.49. The Balaban J connectivity index is 1.41. The Labute approximate surface area is 147 Å². The number of amides is 1. The summed E-state index contributed by atoms with van der Waals surface area (Å²) in [6, 6.07) is 5.67. The maximum absolute atomic E-state index is 12.7. The molecular formula is C19H22N4O2. The van der Waals surface area contributed by atoms with Gasteiger partial charge in [0.25, 0.3) is 5.91 Å². The van der Waals surface area contributed by atoms with Crippen molar-refractivity contribution >= 4 is 5.91 Å². The molecule has 0 N–H and O–H groups in total. The molecule has 130 valence electrons. The normalized spacial score (nSPS) is 25.1. The molecule has 25 heavy (non-hydrogen) atoms. The molecule has 2 fully saturated rings. The average Bonchev–Trinajstić information content (AvgIpc) is 3.20. The lowest BCUT2D eigenvalue weighted by molar-refractivity contribution is 0.0264. The third-order valence-electron chi connectivity index (χ3n) is 5.49. The highest BCUT2D eigenvalue weighted by molar-refractivity contribution is 5.90. The van der Waals surface area contributed by atoms with Gasteiger partial charge in [-0.25, -0.2) is 9.97 Å². The van der Waals surface area contributed by atoms with Crippen LogP contribution in [0.25, 0.3) is 0 Å². The molecular weight excluding hydrogens is 316 g/mol. The molecule has 0 bridgehead atoms. The number of fused-ring (bicyclic) bond motifs is 1. The lowest BCUT2D eigenvalue weighted by Gasteiger charge is -2.28. The molecule has 1 aliphatic heterocycles. The van der Waals surface area contributed by atoms with Crippen molar-refractivity contribution in [3.63, 3.8) is 0 Å². The van der Waals surface area contributed by atoms with Crippen molar-refractivity contribution in [3.8, 4) is 0 Å². The SMILES string of the molecule is O=C(c1ncccn1)N1C[C@H]2CCC[C@@]2(COCc2ccncc2)C1. The molecule has 0 aromatic carbocycles. The molecule has 2 aromatic heterocycles. The van der Waals surface area contributed by atoms with Gasteiger partial charge in [-0.3, -0.25) is 9.78 Å². The first-order valence-electron chi connectivity index (χ1n) is 8.80. The fourth-order valence-electron chi connectivity index (χ4n) is 4.21. The summed E-state index contributed by atoms with van der Waals surface area (Å²) in [7, 11) is 0. The first kappa shape index (κ1) is 16.1. The second-order valence-electron chi connectivity index (χ2n) is 7.06. The van der Waals surface area contributed by atoms with Crippen molar-refractivity contribution in [1.29, 1.82) is 0 Å². The zero-order valence-corrected chi connectivity index (χ0v) is 14.2. The van der Waals surface area contributed by atoms with Gasteiger partial charge in [-0.1, -0.05) is 6.42 Å². The second-order valence-corrected chi connectivity index (χ2v) is 7.06. The molecule has 2 aliphatic rings. The van der Waals surface area contributed by atoms with Crippen LogP contribution in [0.5, 0.6) is 0 Å². The van der Waals surface area contributed by atoms with Crippen LogP contribution in [0.1, 0.15) is 35.4 Å². The van der Waals surface area contributed by atoms with Crippen LogP contribution in [0.2, 0.25) is 0 Å². The smallest absolute Gasteiger partial charge is 0.291 e. The highest BCUT2D eigenvalue weighted by atomic mass is 16.5. The molecule has 0 radical (unpaired) electrons. The number of hydrogen-bond acceptors (Lipinski definition) is 5. The van der Waals surface area contributed by atoms with Crippen LogP contribution in [0.15, 0.2) is 43.0 Å². The van der Waals surface area contributed by atoms with E-state index >= 15 is 0 Å². The third kappa shape index (κ3) is 3.26. The summed E-state index contributed by atoms with van der Waals surface area (Å²) in [6.07, 6.45) is 10.3. The van der Waals surface area contributed by atoms with E-state index < -0.39 is 0 Å². The van der Waals surface area contributed by atoms with Crippen LogP contribution >= 0.6 is 0 Å². The van der Waals surface area contributed by atoms with E-state index in [1.807, 2.05) is 17.0 Å². The van der Waals surface area contributed by atoms with E-state index in [2.05, 4.69) is 15.0 Å². The van der Waals surface area contributed by atoms with E-state index in [0.29, 0.717) is 19.1 Å². The summed E-state index contributed by atoms with van der Waals surface area (Å²) in [5, 5.41) is 0. The topological polar surface area (TPSA) is 68.2 Å². The number of aromatic nitrogens is 3. The van der Waals surface area contributed by atoms with Gasteiger partial charge < -0.3 is 9.64 Å². The van der Waals surface area contributed by atoms with Crippen LogP contribution in [0, 0.1) is 11.3 Å². The Kier molecular flexibility index (Phi) is 4.44. The maximum atomic E-state index is 12.7. The van der Waals surface area contributed by atoms with Crippen LogP contribution in [0.4, 0.5) is 0 Å². The van der Waals surface area contributed by atoms with E-state index in [1.54, 1.807) is 30.9 Å². The summed E-state index contributed by atoms with van der Waals surface area (Å²) >= 11 is 0. The number of carbonyl (C=O) groups excluding carboxylic acids is 1. The van der Waals surface area contributed by atoms with Gasteiger partial charge in [0.05, 0.1) is 13.2 Å². The lowest BCUT2D eigenvalue weighted by atomic mass is 9.81. The molecule has 3 heterocycles. The fraction of sp³-hybridized carbons (Fsp3) is 0.474. The van der Waals surface area contributed by atoms with E-state index in [9.17, 15) is 4.79 Å². The van der Waals surface area contributed by atoms with Gasteiger partial charge in [0.2, 0.25) is 5.82 Å². The maximum Gasteiger partial charge on any atom is 0.291 e. The standard InChI is InChI=1S/C19H22N4O2/c24-18(17-21-7-2-8-22-17)23-11-16-3-1-6-19(16,13-23)14-25-12-15-4-9-20-10-5-15/h2,4-5,7-10,16H,1,3,6,11-14H2/t16-,19+/m1/s1. The van der Waals surface area contributed by atoms with Gasteiger partial charge in [-0.2, -0.15) is 0 Å². The van der Waals surface area contributed by atoms with Gasteiger partial charge in [0, 0.05) is 43.3 Å². The van der Waals surface area contributed by atoms with E-state index in [1.165, 1.54) is 6.42 Å². The van der Waals surface area contributed by atoms with E-state index in [4.69, 9.17) is 4.74 Å². The van der Waals surface area contributed by atoms with Gasteiger partial charge in [0.1, 0.15) is 0 Å². The van der Waals surface area contributed by atoms with E-state index in [-0.39, 0.29) is 17.1 Å². The quantitative estimate of drug-likeness (QED) is 0.837. The van der Waals surface area contributed by atoms with Gasteiger partial charge >= 0.3 is 0 Å². The minimum absolute atomic E-state index is 0.0662. The zero-order chi connectivity index (χ0) is 17.1. The summed E-state index contributed by atoms with van der Waals surface area (Å²) in [6.45, 7) is 2.81. The van der Waals surface area contributed by atoms with E-state index in [0.717, 1.165) is 31.5 Å². The number of hydrogen-bond donors (Lipinski definition) is 0. The molecule has 0 unspecified atom stereocenters. The minimum Gasteiger partial charge on any atom is -0.376 e. The minimum atomic E-state index is -0.0662. The largest absolute Gasteiger partial charge is 0.376 e. The van der Waals surface area contributed by atoms with Crippen molar-refractivity contribution in [3.05, 3.63) is 54.4 Å². The van der Waals surface area contributed by atoms with Crippen molar-refractivity contribution in [1.82, 2.24) is 19.9 Å². The van der Waals surface area contributed by atoms with Gasteiger partial charge in [0.15, 0.2) is 0 Å². The molecule has 1 aliphatic carbocycles. The second kappa shape index (κ2) is 6.88. The molecule has 1 saturated heterocycles. The number of pyridine rings is 1. The molecule has 0 spiro atoms. The number of rotatable bonds is 5. The first-order valence-corrected chi connectivity index (χ1v) is 8.80. The first-order chi connectivity index (χ1) is 12.3. The van der Waals surface area contributed by atoms with Gasteiger partial charge in [-0.05, 0) is 42.5 Å².